The van der Waals surface area contributed by atoms with Gasteiger partial charge in [-0.2, -0.15) is 14.4 Å². The van der Waals surface area contributed by atoms with Crippen LogP contribution in [-0.4, -0.2) is 77.2 Å². The number of nitrogens with zero attached hydrogens (tertiary/aromatic N) is 8. The van der Waals surface area contributed by atoms with E-state index in [1.54, 1.807) is 29.9 Å². The Hall–Kier alpha value is -7.19. The lowest BCUT2D eigenvalue weighted by Gasteiger charge is -2.35. The van der Waals surface area contributed by atoms with Gasteiger partial charge in [0.15, 0.2) is 11.6 Å². The zero-order chi connectivity index (χ0) is 44.6. The highest BCUT2D eigenvalue weighted by Crippen LogP contribution is 2.49. The van der Waals surface area contributed by atoms with Gasteiger partial charge in [0.25, 0.3) is 6.47 Å². The first-order chi connectivity index (χ1) is 29.9. The Bertz CT molecular complexity index is 2650. The number of aromatic carboxylic acids is 1. The standard InChI is InChI=1S/C23H26N4O2.C22H22N4O4.CO2/c1-5-12-23(22-24-26-27(3)25-22)19-10-6-15(2)13-16(19)7-8-17-14-18(21(28)29-4)9-11-20(17)23;1-3-10-22(21-23-24-25-26(21)2)18-8-6-16(20(28)29)11-14(18)4-5-15-12-17(30-13-27)7-9-19(15)22;2-1-3/h6,9-11,13-14H,5,7-8,12H2,1-4H3;6-9,11-13H,3-5,10H2,1-2H3,(H,28,29);. The number of tetrazole rings is 2. The Labute approximate surface area is 358 Å². The van der Waals surface area contributed by atoms with Gasteiger partial charge in [0.1, 0.15) is 5.75 Å². The van der Waals surface area contributed by atoms with Gasteiger partial charge in [0.05, 0.1) is 36.1 Å². The number of methoxy groups -OCH3 is 1. The molecule has 320 valence electrons. The molecule has 2 unspecified atom stereocenters. The van der Waals surface area contributed by atoms with E-state index in [9.17, 15) is 19.5 Å². The molecule has 62 heavy (non-hydrogen) atoms. The van der Waals surface area contributed by atoms with Crippen molar-refractivity contribution in [2.24, 2.45) is 14.1 Å². The Morgan fingerprint density at radius 1 is 0.758 bits per heavy atom. The van der Waals surface area contributed by atoms with E-state index >= 15 is 0 Å². The summed E-state index contributed by atoms with van der Waals surface area (Å²) in [5, 5.41) is 35.1. The summed E-state index contributed by atoms with van der Waals surface area (Å²) < 4.78 is 11.7. The van der Waals surface area contributed by atoms with Crippen LogP contribution >= 0.6 is 0 Å². The minimum Gasteiger partial charge on any atom is -0.478 e. The Morgan fingerprint density at radius 2 is 1.29 bits per heavy atom. The van der Waals surface area contributed by atoms with Crippen LogP contribution in [0.3, 0.4) is 0 Å². The molecule has 0 saturated heterocycles. The number of esters is 1. The summed E-state index contributed by atoms with van der Waals surface area (Å²) in [6, 6.07) is 23.4. The Balaban J connectivity index is 0.000000195. The predicted molar refractivity (Wildman–Crippen MR) is 222 cm³/mol. The molecule has 0 spiro atoms. The third kappa shape index (κ3) is 8.28. The number of fused-ring (bicyclic) bond motifs is 4. The first-order valence-corrected chi connectivity index (χ1v) is 20.3. The highest BCUT2D eigenvalue weighted by molar-refractivity contribution is 5.90. The second kappa shape index (κ2) is 19.0. The van der Waals surface area contributed by atoms with E-state index in [-0.39, 0.29) is 17.7 Å². The molecule has 8 rings (SSSR count). The number of aryl methyl sites for hydroxylation is 7. The number of carbonyl (C=O) groups is 3. The summed E-state index contributed by atoms with van der Waals surface area (Å²) in [5.74, 6) is 0.607. The number of carboxylic acid groups (broad SMARTS) is 1. The second-order valence-corrected chi connectivity index (χ2v) is 15.4. The normalized spacial score (nSPS) is 17.0. The van der Waals surface area contributed by atoms with Crippen molar-refractivity contribution >= 4 is 24.6 Å². The molecule has 16 nitrogen and oxygen atoms in total. The van der Waals surface area contributed by atoms with E-state index in [1.807, 2.05) is 37.4 Å². The number of carboxylic acids is 1. The molecular weight excluding hydrogens is 793 g/mol. The third-order valence-corrected chi connectivity index (χ3v) is 11.7. The molecular formula is C46H48N8O8. The number of ether oxygens (including phenoxy) is 2. The zero-order valence-electron chi connectivity index (χ0n) is 35.5. The summed E-state index contributed by atoms with van der Waals surface area (Å²) >= 11 is 0. The van der Waals surface area contributed by atoms with Crippen LogP contribution in [-0.2, 0) is 69.7 Å². The number of carbonyl (C=O) groups excluding carboxylic acids is 4. The van der Waals surface area contributed by atoms with Crippen molar-refractivity contribution in [3.63, 3.8) is 0 Å². The fraction of sp³-hybridized carbons (Fsp3) is 0.348. The van der Waals surface area contributed by atoms with Gasteiger partial charge < -0.3 is 14.6 Å². The molecule has 2 heterocycles. The first-order valence-electron chi connectivity index (χ1n) is 20.3. The van der Waals surface area contributed by atoms with Crippen LogP contribution in [0.1, 0.15) is 122 Å². The van der Waals surface area contributed by atoms with Gasteiger partial charge in [-0.05, 0) is 142 Å². The van der Waals surface area contributed by atoms with E-state index in [4.69, 9.17) is 19.1 Å². The molecule has 0 aliphatic heterocycles. The van der Waals surface area contributed by atoms with Crippen molar-refractivity contribution in [3.8, 4) is 5.75 Å². The monoisotopic (exact) mass is 840 g/mol. The van der Waals surface area contributed by atoms with E-state index < -0.39 is 16.8 Å². The number of benzene rings is 4. The Kier molecular flexibility index (Phi) is 13.6. The minimum atomic E-state index is -0.956. The fourth-order valence-electron chi connectivity index (χ4n) is 9.35. The first kappa shape index (κ1) is 44.4. The quantitative estimate of drug-likeness (QED) is 0.131. The van der Waals surface area contributed by atoms with Gasteiger partial charge >= 0.3 is 18.1 Å². The molecule has 0 fully saturated rings. The molecule has 1 N–H and O–H groups in total. The minimum absolute atomic E-state index is 0.250. The van der Waals surface area contributed by atoms with Crippen molar-refractivity contribution in [1.29, 1.82) is 0 Å². The van der Waals surface area contributed by atoms with Crippen LogP contribution in [0.5, 0.6) is 5.75 Å². The number of aromatic nitrogens is 8. The van der Waals surface area contributed by atoms with Crippen LogP contribution in [0.15, 0.2) is 72.8 Å². The smallest absolute Gasteiger partial charge is 0.373 e. The highest BCUT2D eigenvalue weighted by atomic mass is 16.5. The molecule has 0 amide bonds. The topological polar surface area (TPSA) is 211 Å². The lowest BCUT2D eigenvalue weighted by Crippen LogP contribution is -2.34. The number of rotatable bonds is 10. The lowest BCUT2D eigenvalue weighted by atomic mass is 9.68. The zero-order valence-corrected chi connectivity index (χ0v) is 35.5. The van der Waals surface area contributed by atoms with Crippen molar-refractivity contribution in [1.82, 2.24) is 40.4 Å². The van der Waals surface area contributed by atoms with Crippen molar-refractivity contribution in [2.45, 2.75) is 83.0 Å². The molecule has 4 aromatic carbocycles. The summed E-state index contributed by atoms with van der Waals surface area (Å²) in [6.45, 7) is 6.82. The van der Waals surface area contributed by atoms with Gasteiger partial charge in [-0.25, -0.2) is 14.3 Å². The molecule has 2 aliphatic rings. The maximum atomic E-state index is 12.1. The van der Waals surface area contributed by atoms with Gasteiger partial charge in [0.2, 0.25) is 0 Å². The predicted octanol–water partition coefficient (Wildman–Crippen LogP) is 5.63. The summed E-state index contributed by atoms with van der Waals surface area (Å²) in [4.78, 5) is 52.4. The molecule has 16 heteroatoms. The number of hydrogen-bond acceptors (Lipinski definition) is 13. The molecule has 6 aromatic rings. The maximum Gasteiger partial charge on any atom is 0.373 e. The molecule has 0 saturated carbocycles. The number of hydrogen-bond donors (Lipinski definition) is 1. The third-order valence-electron chi connectivity index (χ3n) is 11.7. The summed E-state index contributed by atoms with van der Waals surface area (Å²) in [5.41, 5.74) is 9.81. The Morgan fingerprint density at radius 3 is 1.82 bits per heavy atom. The largest absolute Gasteiger partial charge is 0.478 e. The summed E-state index contributed by atoms with van der Waals surface area (Å²) in [7, 11) is 5.02. The van der Waals surface area contributed by atoms with Crippen LogP contribution < -0.4 is 4.74 Å². The highest BCUT2D eigenvalue weighted by Gasteiger charge is 2.45. The second-order valence-electron chi connectivity index (χ2n) is 15.4. The van der Waals surface area contributed by atoms with Crippen LogP contribution in [0.25, 0.3) is 0 Å². The van der Waals surface area contributed by atoms with Crippen molar-refractivity contribution < 1.29 is 38.6 Å². The van der Waals surface area contributed by atoms with Gasteiger partial charge in [0, 0.05) is 7.05 Å². The van der Waals surface area contributed by atoms with Crippen LogP contribution in [0.2, 0.25) is 0 Å². The lowest BCUT2D eigenvalue weighted by molar-refractivity contribution is -0.191. The molecule has 0 bridgehead atoms. The van der Waals surface area contributed by atoms with Gasteiger partial charge in [-0.3, -0.25) is 4.79 Å². The van der Waals surface area contributed by atoms with E-state index in [0.717, 1.165) is 71.9 Å². The summed E-state index contributed by atoms with van der Waals surface area (Å²) in [6.07, 6.45) is 6.76. The molecule has 2 atom stereocenters. The van der Waals surface area contributed by atoms with E-state index in [1.165, 1.54) is 28.6 Å². The average Bonchev–Trinajstić information content (AvgIpc) is 3.85. The van der Waals surface area contributed by atoms with E-state index in [0.29, 0.717) is 42.3 Å². The van der Waals surface area contributed by atoms with Gasteiger partial charge in [-0.15, -0.1) is 15.3 Å². The SMILES string of the molecule is CCCC1(c2nnn(C)n2)c2ccc(C)cc2CCc2cc(C(=O)OC)ccc21.CCCC1(c2nnnn2C)c2ccc(OC=O)cc2CCc2cc(C(=O)O)ccc21.O=C=O. The van der Waals surface area contributed by atoms with Crippen LogP contribution in [0, 0.1) is 6.92 Å². The fourth-order valence-corrected chi connectivity index (χ4v) is 9.35. The van der Waals surface area contributed by atoms with E-state index in [2.05, 4.69) is 76.0 Å². The molecule has 0 radical (unpaired) electrons. The van der Waals surface area contributed by atoms with Crippen molar-refractivity contribution in [3.05, 3.63) is 146 Å². The van der Waals surface area contributed by atoms with Crippen molar-refractivity contribution in [2.75, 3.05) is 7.11 Å². The van der Waals surface area contributed by atoms with Crippen LogP contribution in [0.4, 0.5) is 0 Å². The maximum absolute atomic E-state index is 12.1. The van der Waals surface area contributed by atoms with Gasteiger partial charge in [-0.1, -0.05) is 68.7 Å². The molecule has 2 aliphatic carbocycles. The molecule has 2 aromatic heterocycles. The average molecular weight is 841 g/mol.